The second-order valence-electron chi connectivity index (χ2n) is 7.17. The molecule has 1 fully saturated rings. The molecule has 1 aromatic carbocycles. The van der Waals surface area contributed by atoms with Gasteiger partial charge in [0.25, 0.3) is 0 Å². The number of aromatic amines is 1. The van der Waals surface area contributed by atoms with E-state index in [4.69, 9.17) is 0 Å². The fraction of sp³-hybridized carbons (Fsp3) is 0.474. The highest BCUT2D eigenvalue weighted by atomic mass is 15.2. The summed E-state index contributed by atoms with van der Waals surface area (Å²) in [6.07, 6.45) is 6.27. The molecule has 2 heteroatoms. The molecule has 0 radical (unpaired) electrons. The van der Waals surface area contributed by atoms with Gasteiger partial charge in [-0.05, 0) is 49.7 Å². The molecular formula is C19H22N2. The fourth-order valence-corrected chi connectivity index (χ4v) is 5.04. The Labute approximate surface area is 125 Å². The van der Waals surface area contributed by atoms with Gasteiger partial charge in [0.2, 0.25) is 0 Å². The van der Waals surface area contributed by atoms with Gasteiger partial charge in [-0.1, -0.05) is 29.8 Å². The van der Waals surface area contributed by atoms with Crippen molar-refractivity contribution in [2.45, 2.75) is 32.2 Å². The molecule has 3 aliphatic rings. The zero-order valence-corrected chi connectivity index (χ0v) is 12.6. The lowest BCUT2D eigenvalue weighted by Gasteiger charge is -2.34. The number of benzene rings is 1. The molecular weight excluding hydrogens is 256 g/mol. The number of allylic oxidation sites excluding steroid dienone is 2. The van der Waals surface area contributed by atoms with Crippen molar-refractivity contribution in [3.05, 3.63) is 47.2 Å². The van der Waals surface area contributed by atoms with E-state index in [0.717, 1.165) is 11.8 Å². The molecule has 2 aromatic rings. The smallest absolute Gasteiger partial charge is 0.0536 e. The van der Waals surface area contributed by atoms with Gasteiger partial charge < -0.3 is 4.98 Å². The highest BCUT2D eigenvalue weighted by Crippen LogP contribution is 2.50. The number of rotatable bonds is 0. The molecule has 2 nitrogen and oxygen atoms in total. The van der Waals surface area contributed by atoms with Crippen LogP contribution in [0.5, 0.6) is 0 Å². The number of nitrogens with one attached hydrogen (secondary N) is 1. The second-order valence-corrected chi connectivity index (χ2v) is 7.17. The monoisotopic (exact) mass is 278 g/mol. The van der Waals surface area contributed by atoms with Crippen LogP contribution in [0.4, 0.5) is 0 Å². The van der Waals surface area contributed by atoms with E-state index in [1.807, 2.05) is 0 Å². The lowest BCUT2D eigenvalue weighted by Crippen LogP contribution is -2.32. The molecule has 3 heterocycles. The minimum Gasteiger partial charge on any atom is -0.357 e. The van der Waals surface area contributed by atoms with Crippen LogP contribution in [0.2, 0.25) is 0 Å². The Bertz CT molecular complexity index is 739. The lowest BCUT2D eigenvalue weighted by atomic mass is 9.77. The van der Waals surface area contributed by atoms with E-state index in [0.29, 0.717) is 6.04 Å². The number of hydrogen-bond acceptors (Lipinski definition) is 1. The van der Waals surface area contributed by atoms with Crippen molar-refractivity contribution >= 4 is 10.9 Å². The highest BCUT2D eigenvalue weighted by molar-refractivity contribution is 5.85. The molecule has 0 bridgehead atoms. The zero-order chi connectivity index (χ0) is 14.0. The standard InChI is InChI=1S/C19H22N2/c1-12-6-7-13-11-21-9-8-15-14-4-2-3-5-17(14)20-18(15)19(21)16(13)10-12/h2-6,13,16,19-20H,7-11H2,1H3/t13-,16-,19+/m1/s1. The van der Waals surface area contributed by atoms with Crippen molar-refractivity contribution in [3.63, 3.8) is 0 Å². The maximum Gasteiger partial charge on any atom is 0.0536 e. The van der Waals surface area contributed by atoms with Gasteiger partial charge >= 0.3 is 0 Å². The number of fused-ring (bicyclic) bond motifs is 7. The van der Waals surface area contributed by atoms with Gasteiger partial charge in [0, 0.05) is 29.7 Å². The van der Waals surface area contributed by atoms with Crippen molar-refractivity contribution in [1.82, 2.24) is 9.88 Å². The average Bonchev–Trinajstić information content (AvgIpc) is 3.04. The van der Waals surface area contributed by atoms with Crippen molar-refractivity contribution in [2.75, 3.05) is 13.1 Å². The van der Waals surface area contributed by atoms with Gasteiger partial charge in [-0.25, -0.2) is 0 Å². The van der Waals surface area contributed by atoms with Crippen LogP contribution in [0.15, 0.2) is 35.9 Å². The SMILES string of the molecule is CC1=CC[C@@H]2CN3CCc4c([nH]c5ccccc45)[C@@H]3[C@@H]2C1. The Morgan fingerprint density at radius 3 is 3.10 bits per heavy atom. The minimum absolute atomic E-state index is 0.634. The van der Waals surface area contributed by atoms with Crippen LogP contribution in [-0.2, 0) is 6.42 Å². The van der Waals surface area contributed by atoms with Crippen LogP contribution >= 0.6 is 0 Å². The van der Waals surface area contributed by atoms with E-state index < -0.39 is 0 Å². The zero-order valence-electron chi connectivity index (χ0n) is 12.6. The van der Waals surface area contributed by atoms with E-state index in [2.05, 4.69) is 47.1 Å². The Kier molecular flexibility index (Phi) is 2.43. The summed E-state index contributed by atoms with van der Waals surface area (Å²) in [6.45, 7) is 4.85. The largest absolute Gasteiger partial charge is 0.357 e. The molecule has 0 spiro atoms. The third-order valence-corrected chi connectivity index (χ3v) is 5.99. The molecule has 108 valence electrons. The van der Waals surface area contributed by atoms with Crippen LogP contribution < -0.4 is 0 Å². The molecule has 3 atom stereocenters. The van der Waals surface area contributed by atoms with Gasteiger partial charge in [0.1, 0.15) is 0 Å². The minimum atomic E-state index is 0.634. The van der Waals surface area contributed by atoms with E-state index in [1.54, 1.807) is 11.1 Å². The van der Waals surface area contributed by atoms with E-state index in [9.17, 15) is 0 Å². The summed E-state index contributed by atoms with van der Waals surface area (Å²) in [5.74, 6) is 1.69. The molecule has 0 amide bonds. The molecule has 5 rings (SSSR count). The lowest BCUT2D eigenvalue weighted by molar-refractivity contribution is 0.210. The third-order valence-electron chi connectivity index (χ3n) is 5.99. The summed E-state index contributed by atoms with van der Waals surface area (Å²) in [4.78, 5) is 6.52. The molecule has 0 saturated carbocycles. The number of nitrogens with zero attached hydrogens (tertiary/aromatic N) is 1. The van der Waals surface area contributed by atoms with Gasteiger partial charge in [-0.2, -0.15) is 0 Å². The Morgan fingerprint density at radius 2 is 2.14 bits per heavy atom. The quantitative estimate of drug-likeness (QED) is 0.720. The number of para-hydroxylation sites is 1. The first-order valence-electron chi connectivity index (χ1n) is 8.30. The van der Waals surface area contributed by atoms with Crippen molar-refractivity contribution in [1.29, 1.82) is 0 Å². The maximum absolute atomic E-state index is 3.77. The molecule has 1 saturated heterocycles. The summed E-state index contributed by atoms with van der Waals surface area (Å²) in [7, 11) is 0. The van der Waals surface area contributed by atoms with Crippen LogP contribution in [-0.4, -0.2) is 23.0 Å². The summed E-state index contributed by atoms with van der Waals surface area (Å²) in [6, 6.07) is 9.48. The fourth-order valence-electron chi connectivity index (χ4n) is 5.04. The first-order chi connectivity index (χ1) is 10.3. The van der Waals surface area contributed by atoms with Gasteiger partial charge in [0.05, 0.1) is 6.04 Å². The average molecular weight is 278 g/mol. The molecule has 1 aromatic heterocycles. The number of H-pyrrole nitrogens is 1. The maximum atomic E-state index is 3.77. The molecule has 1 aliphatic carbocycles. The predicted molar refractivity (Wildman–Crippen MR) is 86.3 cm³/mol. The van der Waals surface area contributed by atoms with E-state index in [-0.39, 0.29) is 0 Å². The molecule has 21 heavy (non-hydrogen) atoms. The topological polar surface area (TPSA) is 19.0 Å². The summed E-state index contributed by atoms with van der Waals surface area (Å²) in [5.41, 5.74) is 6.06. The van der Waals surface area contributed by atoms with Crippen molar-refractivity contribution in [2.24, 2.45) is 11.8 Å². The van der Waals surface area contributed by atoms with Gasteiger partial charge in [-0.15, -0.1) is 0 Å². The predicted octanol–water partition coefficient (Wildman–Crippen LogP) is 4.05. The van der Waals surface area contributed by atoms with Gasteiger partial charge in [0.15, 0.2) is 0 Å². The first kappa shape index (κ1) is 12.0. The van der Waals surface area contributed by atoms with Crippen LogP contribution in [0, 0.1) is 11.8 Å². The van der Waals surface area contributed by atoms with Crippen LogP contribution in [0.25, 0.3) is 10.9 Å². The van der Waals surface area contributed by atoms with Crippen molar-refractivity contribution < 1.29 is 0 Å². The van der Waals surface area contributed by atoms with E-state index in [1.165, 1.54) is 48.9 Å². The van der Waals surface area contributed by atoms with Gasteiger partial charge in [-0.3, -0.25) is 4.90 Å². The Morgan fingerprint density at radius 1 is 1.24 bits per heavy atom. The second kappa shape index (κ2) is 4.23. The molecule has 1 N–H and O–H groups in total. The summed E-state index contributed by atoms with van der Waals surface area (Å²) in [5, 5.41) is 1.46. The van der Waals surface area contributed by atoms with E-state index >= 15 is 0 Å². The highest BCUT2D eigenvalue weighted by Gasteiger charge is 2.46. The van der Waals surface area contributed by atoms with Crippen molar-refractivity contribution in [3.8, 4) is 0 Å². The third kappa shape index (κ3) is 1.63. The normalized spacial score (nSPS) is 31.7. The summed E-state index contributed by atoms with van der Waals surface area (Å²) >= 11 is 0. The Balaban J connectivity index is 1.65. The number of hydrogen-bond donors (Lipinski definition) is 1. The Hall–Kier alpha value is -1.54. The van der Waals surface area contributed by atoms with Crippen LogP contribution in [0.3, 0.4) is 0 Å². The van der Waals surface area contributed by atoms with Crippen LogP contribution in [0.1, 0.15) is 37.1 Å². The summed E-state index contributed by atoms with van der Waals surface area (Å²) < 4.78 is 0. The molecule has 0 unspecified atom stereocenters. The number of aromatic nitrogens is 1. The molecule has 2 aliphatic heterocycles. The first-order valence-corrected chi connectivity index (χ1v) is 8.30.